The molecule has 1 aromatic carbocycles. The third kappa shape index (κ3) is 3.37. The van der Waals surface area contributed by atoms with Gasteiger partial charge in [0.15, 0.2) is 0 Å². The Hall–Kier alpha value is -2.77. The number of rotatable bonds is 4. The van der Waals surface area contributed by atoms with Crippen LogP contribution in [0.25, 0.3) is 11.0 Å². The first-order chi connectivity index (χ1) is 9.58. The summed E-state index contributed by atoms with van der Waals surface area (Å²) in [6, 6.07) is 4.37. The molecular weight excluding hydrogens is 264 g/mol. The number of H-pyrrole nitrogens is 2. The van der Waals surface area contributed by atoms with Crippen LogP contribution in [0.3, 0.4) is 0 Å². The van der Waals surface area contributed by atoms with Gasteiger partial charge in [-0.15, -0.1) is 0 Å². The topological polar surface area (TPSA) is 116 Å². The van der Waals surface area contributed by atoms with Crippen LogP contribution < -0.4 is 16.3 Å². The Labute approximate surface area is 113 Å². The van der Waals surface area contributed by atoms with Crippen molar-refractivity contribution in [2.24, 2.45) is 0 Å². The van der Waals surface area contributed by atoms with Crippen LogP contribution in [0.2, 0.25) is 0 Å². The van der Waals surface area contributed by atoms with E-state index in [2.05, 4.69) is 25.3 Å². The monoisotopic (exact) mass is 278 g/mol. The molecule has 4 N–H and O–H groups in total. The maximum atomic E-state index is 11.6. The van der Waals surface area contributed by atoms with Crippen molar-refractivity contribution in [3.05, 3.63) is 28.7 Å². The van der Waals surface area contributed by atoms with Crippen molar-refractivity contribution in [1.29, 1.82) is 0 Å². The number of carbonyl (C=O) groups is 2. The average molecular weight is 278 g/mol. The lowest BCUT2D eigenvalue weighted by Crippen LogP contribution is -2.34. The quantitative estimate of drug-likeness (QED) is 0.611. The lowest BCUT2D eigenvalue weighted by Gasteiger charge is -2.07. The Balaban J connectivity index is 1.95. The number of urea groups is 1. The molecule has 1 heterocycles. The van der Waals surface area contributed by atoms with E-state index in [4.69, 9.17) is 0 Å². The van der Waals surface area contributed by atoms with E-state index in [1.165, 1.54) is 0 Å². The first kappa shape index (κ1) is 13.7. The van der Waals surface area contributed by atoms with Crippen molar-refractivity contribution < 1.29 is 14.3 Å². The second-order valence-corrected chi connectivity index (χ2v) is 3.95. The predicted octanol–water partition coefficient (Wildman–Crippen LogP) is 0.541. The number of ether oxygens (including phenoxy) is 1. The van der Waals surface area contributed by atoms with Gasteiger partial charge >= 0.3 is 17.7 Å². The summed E-state index contributed by atoms with van der Waals surface area (Å²) >= 11 is 0. The van der Waals surface area contributed by atoms with E-state index in [1.54, 1.807) is 25.1 Å². The highest BCUT2D eigenvalue weighted by molar-refractivity contribution is 5.93. The third-order valence-electron chi connectivity index (χ3n) is 2.47. The Morgan fingerprint density at radius 1 is 1.25 bits per heavy atom. The number of benzene rings is 1. The molecule has 0 saturated heterocycles. The molecule has 2 aromatic rings. The minimum absolute atomic E-state index is 0.205. The van der Waals surface area contributed by atoms with Crippen LogP contribution in [0, 0.1) is 0 Å². The number of imidazole rings is 1. The van der Waals surface area contributed by atoms with Crippen LogP contribution in [0.5, 0.6) is 0 Å². The summed E-state index contributed by atoms with van der Waals surface area (Å²) in [4.78, 5) is 38.9. The number of fused-ring (bicyclic) bond motifs is 1. The normalized spacial score (nSPS) is 10.2. The number of nitrogens with one attached hydrogen (secondary N) is 4. The molecule has 2 amide bonds. The van der Waals surface area contributed by atoms with Crippen molar-refractivity contribution in [2.75, 3.05) is 18.5 Å². The van der Waals surface area contributed by atoms with Gasteiger partial charge in [-0.25, -0.2) is 9.59 Å². The maximum Gasteiger partial charge on any atom is 0.325 e. The molecule has 0 saturated carbocycles. The van der Waals surface area contributed by atoms with Crippen LogP contribution in [0.1, 0.15) is 6.92 Å². The zero-order valence-electron chi connectivity index (χ0n) is 10.8. The summed E-state index contributed by atoms with van der Waals surface area (Å²) in [6.45, 7) is 1.74. The zero-order chi connectivity index (χ0) is 14.5. The van der Waals surface area contributed by atoms with E-state index >= 15 is 0 Å². The fraction of sp³-hybridized carbons (Fsp3) is 0.250. The van der Waals surface area contributed by atoms with Gasteiger partial charge in [0.05, 0.1) is 17.6 Å². The molecule has 0 aliphatic rings. The summed E-state index contributed by atoms with van der Waals surface area (Å²) < 4.78 is 4.68. The molecule has 0 aliphatic carbocycles. The second kappa shape index (κ2) is 5.91. The van der Waals surface area contributed by atoms with Crippen molar-refractivity contribution in [2.45, 2.75) is 6.92 Å². The maximum absolute atomic E-state index is 11.6. The number of hydrogen-bond donors (Lipinski definition) is 4. The first-order valence-electron chi connectivity index (χ1n) is 6.01. The minimum atomic E-state index is -0.532. The van der Waals surface area contributed by atoms with E-state index in [1.807, 2.05) is 0 Å². The smallest absolute Gasteiger partial charge is 0.325 e. The summed E-state index contributed by atoms with van der Waals surface area (Å²) in [7, 11) is 0. The zero-order valence-corrected chi connectivity index (χ0v) is 10.8. The number of aromatic amines is 2. The van der Waals surface area contributed by atoms with Gasteiger partial charge in [-0.2, -0.15) is 0 Å². The van der Waals surface area contributed by atoms with Gasteiger partial charge in [0.25, 0.3) is 0 Å². The van der Waals surface area contributed by atoms with E-state index in [0.29, 0.717) is 16.7 Å². The largest absolute Gasteiger partial charge is 0.465 e. The fourth-order valence-corrected chi connectivity index (χ4v) is 1.65. The molecule has 8 heteroatoms. The molecule has 0 spiro atoms. The van der Waals surface area contributed by atoms with Gasteiger partial charge in [-0.3, -0.25) is 4.79 Å². The molecule has 106 valence electrons. The fourth-order valence-electron chi connectivity index (χ4n) is 1.65. The Bertz CT molecular complexity index is 688. The molecule has 20 heavy (non-hydrogen) atoms. The van der Waals surface area contributed by atoms with E-state index in [9.17, 15) is 14.4 Å². The van der Waals surface area contributed by atoms with Gasteiger partial charge in [0, 0.05) is 5.69 Å². The SMILES string of the molecule is CCOC(=O)CNC(=O)Nc1ccc2[nH]c(=O)[nH]c2c1. The third-order valence-corrected chi connectivity index (χ3v) is 2.47. The van der Waals surface area contributed by atoms with Gasteiger partial charge < -0.3 is 25.3 Å². The molecule has 8 nitrogen and oxygen atoms in total. The molecule has 0 bridgehead atoms. The van der Waals surface area contributed by atoms with Crippen LogP contribution >= 0.6 is 0 Å². The van der Waals surface area contributed by atoms with Gasteiger partial charge in [0.1, 0.15) is 6.54 Å². The molecule has 0 aliphatic heterocycles. The number of amides is 2. The highest BCUT2D eigenvalue weighted by Crippen LogP contribution is 2.14. The van der Waals surface area contributed by atoms with Crippen molar-refractivity contribution in [3.63, 3.8) is 0 Å². The summed E-state index contributed by atoms with van der Waals surface area (Å²) in [6.07, 6.45) is 0. The minimum Gasteiger partial charge on any atom is -0.465 e. The van der Waals surface area contributed by atoms with E-state index in [-0.39, 0.29) is 18.8 Å². The van der Waals surface area contributed by atoms with Gasteiger partial charge in [-0.05, 0) is 25.1 Å². The highest BCUT2D eigenvalue weighted by atomic mass is 16.5. The number of aromatic nitrogens is 2. The number of esters is 1. The van der Waals surface area contributed by atoms with Crippen molar-refractivity contribution in [3.8, 4) is 0 Å². The molecule has 0 unspecified atom stereocenters. The Kier molecular flexibility index (Phi) is 4.04. The lowest BCUT2D eigenvalue weighted by atomic mass is 10.3. The average Bonchev–Trinajstić information content (AvgIpc) is 2.76. The molecule has 0 radical (unpaired) electrons. The number of anilines is 1. The second-order valence-electron chi connectivity index (χ2n) is 3.95. The summed E-state index contributed by atoms with van der Waals surface area (Å²) in [5.74, 6) is -0.506. The van der Waals surface area contributed by atoms with E-state index < -0.39 is 12.0 Å². The summed E-state index contributed by atoms with van der Waals surface area (Å²) in [5, 5.41) is 4.91. The Morgan fingerprint density at radius 3 is 2.75 bits per heavy atom. The van der Waals surface area contributed by atoms with Crippen molar-refractivity contribution in [1.82, 2.24) is 15.3 Å². The lowest BCUT2D eigenvalue weighted by molar-refractivity contribution is -0.141. The highest BCUT2D eigenvalue weighted by Gasteiger charge is 2.07. The van der Waals surface area contributed by atoms with Crippen LogP contribution in [-0.4, -0.2) is 35.1 Å². The summed E-state index contributed by atoms with van der Waals surface area (Å²) in [5.41, 5.74) is 1.41. The molecule has 2 rings (SSSR count). The molecule has 0 fully saturated rings. The molecule has 1 aromatic heterocycles. The number of hydrogen-bond acceptors (Lipinski definition) is 4. The molecular formula is C12H14N4O4. The number of carbonyl (C=O) groups excluding carboxylic acids is 2. The molecule has 0 atom stereocenters. The van der Waals surface area contributed by atoms with Crippen LogP contribution in [0.15, 0.2) is 23.0 Å². The van der Waals surface area contributed by atoms with Crippen LogP contribution in [-0.2, 0) is 9.53 Å². The Morgan fingerprint density at radius 2 is 2.00 bits per heavy atom. The van der Waals surface area contributed by atoms with Crippen LogP contribution in [0.4, 0.5) is 10.5 Å². The first-order valence-corrected chi connectivity index (χ1v) is 6.01. The predicted molar refractivity (Wildman–Crippen MR) is 72.6 cm³/mol. The van der Waals surface area contributed by atoms with Gasteiger partial charge in [0.2, 0.25) is 0 Å². The van der Waals surface area contributed by atoms with E-state index in [0.717, 1.165) is 0 Å². The standard InChI is InChI=1S/C12H14N4O4/c1-2-20-10(17)6-13-11(18)14-7-3-4-8-9(5-7)16-12(19)15-8/h3-5H,2,6H2,1H3,(H2,13,14,18)(H2,15,16,19). The van der Waals surface area contributed by atoms with Crippen molar-refractivity contribution >= 4 is 28.7 Å². The van der Waals surface area contributed by atoms with Gasteiger partial charge in [-0.1, -0.05) is 0 Å².